The molecule has 19 heteroatoms. The Hall–Kier alpha value is -1.94. The highest BCUT2D eigenvalue weighted by molar-refractivity contribution is 7.47. The molecule has 3 unspecified atom stereocenters. The maximum Gasteiger partial charge on any atom is 0.472 e. The van der Waals surface area contributed by atoms with Crippen LogP contribution in [0.4, 0.5) is 0 Å². The minimum absolute atomic E-state index is 0.108. The summed E-state index contributed by atoms with van der Waals surface area (Å²) in [6, 6.07) is 0. The van der Waals surface area contributed by atoms with E-state index in [9.17, 15) is 43.2 Å². The van der Waals surface area contributed by atoms with Gasteiger partial charge in [-0.2, -0.15) is 0 Å². The second-order valence-electron chi connectivity index (χ2n) is 30.2. The zero-order valence-corrected chi connectivity index (χ0v) is 68.0. The number of phosphoric acid groups is 2. The number of ether oxygens (including phenoxy) is 4. The number of unbranched alkanes of at least 4 members (excludes halogenated alkanes) is 50. The topological polar surface area (TPSA) is 237 Å². The molecule has 17 nitrogen and oxygen atoms in total. The van der Waals surface area contributed by atoms with Crippen LogP contribution in [-0.2, 0) is 65.4 Å². The van der Waals surface area contributed by atoms with Crippen LogP contribution in [0.2, 0.25) is 0 Å². The monoisotopic (exact) mass is 1480 g/mol. The van der Waals surface area contributed by atoms with E-state index in [0.717, 1.165) is 102 Å². The van der Waals surface area contributed by atoms with Gasteiger partial charge in [-0.3, -0.25) is 37.3 Å². The number of carbonyl (C=O) groups excluding carboxylic acids is 4. The third kappa shape index (κ3) is 74.7. The van der Waals surface area contributed by atoms with Crippen molar-refractivity contribution in [2.45, 2.75) is 452 Å². The van der Waals surface area contributed by atoms with Crippen LogP contribution in [0, 0.1) is 11.8 Å². The quantitative estimate of drug-likeness (QED) is 0.0222. The van der Waals surface area contributed by atoms with Crippen LogP contribution in [0.3, 0.4) is 0 Å². The second-order valence-corrected chi connectivity index (χ2v) is 33.1. The molecule has 0 aromatic heterocycles. The highest BCUT2D eigenvalue weighted by Crippen LogP contribution is 2.45. The Balaban J connectivity index is 5.24. The molecule has 0 amide bonds. The van der Waals surface area contributed by atoms with Crippen LogP contribution < -0.4 is 0 Å². The molecule has 0 aliphatic rings. The first-order valence-corrected chi connectivity index (χ1v) is 45.5. The van der Waals surface area contributed by atoms with Gasteiger partial charge in [0.2, 0.25) is 0 Å². The lowest BCUT2D eigenvalue weighted by molar-refractivity contribution is -0.161. The summed E-state index contributed by atoms with van der Waals surface area (Å²) in [6.45, 7) is 9.65. The number of aliphatic hydroxyl groups is 1. The minimum Gasteiger partial charge on any atom is -0.462 e. The van der Waals surface area contributed by atoms with Crippen LogP contribution in [0.25, 0.3) is 0 Å². The Morgan fingerprint density at radius 2 is 0.505 bits per heavy atom. The normalized spacial score (nSPS) is 14.2. The van der Waals surface area contributed by atoms with E-state index in [4.69, 9.17) is 37.0 Å². The molecule has 0 spiro atoms. The molecule has 0 aromatic carbocycles. The van der Waals surface area contributed by atoms with E-state index in [2.05, 4.69) is 41.5 Å². The number of rotatable bonds is 81. The molecule has 0 aliphatic carbocycles. The highest BCUT2D eigenvalue weighted by Gasteiger charge is 2.30. The summed E-state index contributed by atoms with van der Waals surface area (Å²) in [7, 11) is -9.92. The molecular weight excluding hydrogens is 1320 g/mol. The lowest BCUT2D eigenvalue weighted by Gasteiger charge is -2.21. The van der Waals surface area contributed by atoms with Gasteiger partial charge in [-0.1, -0.05) is 382 Å². The van der Waals surface area contributed by atoms with Crippen molar-refractivity contribution in [3.8, 4) is 0 Å². The molecule has 0 fully saturated rings. The number of hydrogen-bond donors (Lipinski definition) is 3. The lowest BCUT2D eigenvalue weighted by Crippen LogP contribution is -2.30. The number of hydrogen-bond acceptors (Lipinski definition) is 15. The standard InChI is InChI=1S/C82H160O17P2/c1-7-10-12-14-16-18-20-22-24-25-26-28-32-36-40-46-52-58-64-79(84)92-70-77(98-81(86)67-61-55-48-42-38-34-30-29-31-35-39-45-51-57-63-75(6)9-3)72-96-100(88,89)94-68-76(83)69-95-101(90,91)97-73-78(71-93-80(85)65-59-53-49-43-44-50-56-62-74(4)5)99-82(87)66-60-54-47-41-37-33-27-23-21-19-17-15-13-11-8-2/h74-78,83H,7-73H2,1-6H3,(H,88,89)(H,90,91)/t75?,76-,77-,78-/m1/s1. The Labute approximate surface area is 619 Å². The van der Waals surface area contributed by atoms with Crippen LogP contribution in [0.5, 0.6) is 0 Å². The summed E-state index contributed by atoms with van der Waals surface area (Å²) in [5.41, 5.74) is 0. The van der Waals surface area contributed by atoms with E-state index in [1.807, 2.05) is 0 Å². The van der Waals surface area contributed by atoms with Gasteiger partial charge in [-0.25, -0.2) is 9.13 Å². The fourth-order valence-electron chi connectivity index (χ4n) is 12.7. The highest BCUT2D eigenvalue weighted by atomic mass is 31.2. The second kappa shape index (κ2) is 73.6. The van der Waals surface area contributed by atoms with Crippen LogP contribution in [0.1, 0.15) is 433 Å². The number of esters is 4. The van der Waals surface area contributed by atoms with E-state index in [1.165, 1.54) is 244 Å². The molecular formula is C82H160O17P2. The first-order chi connectivity index (χ1) is 48.9. The third-order valence-electron chi connectivity index (χ3n) is 19.6. The van der Waals surface area contributed by atoms with Gasteiger partial charge in [0.25, 0.3) is 0 Å². The molecule has 0 rings (SSSR count). The minimum atomic E-state index is -4.96. The molecule has 0 heterocycles. The summed E-state index contributed by atoms with van der Waals surface area (Å²) >= 11 is 0. The van der Waals surface area contributed by atoms with Crippen molar-refractivity contribution >= 4 is 39.5 Å². The maximum absolute atomic E-state index is 13.1. The van der Waals surface area contributed by atoms with E-state index < -0.39 is 97.5 Å². The van der Waals surface area contributed by atoms with Crippen molar-refractivity contribution in [2.75, 3.05) is 39.6 Å². The first kappa shape index (κ1) is 99.1. The molecule has 0 bridgehead atoms. The zero-order valence-electron chi connectivity index (χ0n) is 66.2. The van der Waals surface area contributed by atoms with E-state index >= 15 is 0 Å². The van der Waals surface area contributed by atoms with E-state index in [-0.39, 0.29) is 25.7 Å². The maximum atomic E-state index is 13.1. The Kier molecular flexibility index (Phi) is 72.2. The Morgan fingerprint density at radius 1 is 0.287 bits per heavy atom. The predicted molar refractivity (Wildman–Crippen MR) is 414 cm³/mol. The fraction of sp³-hybridized carbons (Fsp3) is 0.951. The molecule has 600 valence electrons. The van der Waals surface area contributed by atoms with Crippen LogP contribution in [-0.4, -0.2) is 96.7 Å². The lowest BCUT2D eigenvalue weighted by atomic mass is 9.99. The van der Waals surface area contributed by atoms with Gasteiger partial charge < -0.3 is 33.8 Å². The van der Waals surface area contributed by atoms with Gasteiger partial charge in [0, 0.05) is 25.7 Å². The van der Waals surface area contributed by atoms with Crippen molar-refractivity contribution < 1.29 is 80.2 Å². The smallest absolute Gasteiger partial charge is 0.462 e. The van der Waals surface area contributed by atoms with Gasteiger partial charge in [0.15, 0.2) is 12.2 Å². The van der Waals surface area contributed by atoms with Gasteiger partial charge >= 0.3 is 39.5 Å². The van der Waals surface area contributed by atoms with Crippen LogP contribution in [0.15, 0.2) is 0 Å². The van der Waals surface area contributed by atoms with Gasteiger partial charge in [-0.05, 0) is 37.5 Å². The first-order valence-electron chi connectivity index (χ1n) is 42.5. The molecule has 0 radical (unpaired) electrons. The number of phosphoric ester groups is 2. The van der Waals surface area contributed by atoms with Crippen molar-refractivity contribution in [1.29, 1.82) is 0 Å². The van der Waals surface area contributed by atoms with Crippen molar-refractivity contribution in [2.24, 2.45) is 11.8 Å². The largest absolute Gasteiger partial charge is 0.472 e. The summed E-state index contributed by atoms with van der Waals surface area (Å²) in [6.07, 6.45) is 63.8. The van der Waals surface area contributed by atoms with E-state index in [0.29, 0.717) is 31.6 Å². The van der Waals surface area contributed by atoms with E-state index in [1.54, 1.807) is 0 Å². The molecule has 6 atom stereocenters. The Morgan fingerprint density at radius 3 is 0.752 bits per heavy atom. The summed E-state index contributed by atoms with van der Waals surface area (Å²) in [5, 5.41) is 10.6. The third-order valence-corrected chi connectivity index (χ3v) is 21.5. The van der Waals surface area contributed by atoms with Gasteiger partial charge in [-0.15, -0.1) is 0 Å². The SMILES string of the molecule is CCCCCCCCCCCCCCCCCCCCC(=O)OC[C@H](COP(=O)(O)OC[C@@H](O)COP(=O)(O)OC[C@@H](COC(=O)CCCCCCCCCC(C)C)OC(=O)CCCCCCCCCCCCCCCCC)OC(=O)CCCCCCCCCCCCCCCCC(C)CC. The molecule has 0 aromatic rings. The number of aliphatic hydroxyl groups excluding tert-OH is 1. The average Bonchev–Trinajstić information content (AvgIpc) is 1.01. The van der Waals surface area contributed by atoms with Gasteiger partial charge in [0.05, 0.1) is 26.4 Å². The zero-order chi connectivity index (χ0) is 74.2. The molecule has 0 saturated carbocycles. The fourth-order valence-corrected chi connectivity index (χ4v) is 14.3. The van der Waals surface area contributed by atoms with Crippen molar-refractivity contribution in [3.63, 3.8) is 0 Å². The summed E-state index contributed by atoms with van der Waals surface area (Å²) < 4.78 is 68.8. The van der Waals surface area contributed by atoms with Crippen LogP contribution >= 0.6 is 15.6 Å². The predicted octanol–water partition coefficient (Wildman–Crippen LogP) is 24.7. The van der Waals surface area contributed by atoms with Gasteiger partial charge in [0.1, 0.15) is 19.3 Å². The van der Waals surface area contributed by atoms with Crippen molar-refractivity contribution in [3.05, 3.63) is 0 Å². The molecule has 3 N–H and O–H groups in total. The summed E-state index contributed by atoms with van der Waals surface area (Å²) in [4.78, 5) is 73.1. The molecule has 0 aliphatic heterocycles. The molecule has 0 saturated heterocycles. The molecule has 101 heavy (non-hydrogen) atoms. The average molecular weight is 1480 g/mol. The number of carbonyl (C=O) groups is 4. The Bertz CT molecular complexity index is 1940. The summed E-state index contributed by atoms with van der Waals surface area (Å²) in [5.74, 6) is -0.556. The van der Waals surface area contributed by atoms with Crippen molar-refractivity contribution in [1.82, 2.24) is 0 Å².